The number of benzene rings is 1. The van der Waals surface area contributed by atoms with Gasteiger partial charge >= 0.3 is 0 Å². The van der Waals surface area contributed by atoms with Gasteiger partial charge in [-0.3, -0.25) is 9.78 Å². The van der Waals surface area contributed by atoms with E-state index in [1.807, 2.05) is 36.9 Å². The SMILES string of the molecule is Cc1cc(C(=O)N2CCCC2c2cc(C)on2)c2ccc(C)c(C)c2n1. The Bertz CT molecular complexity index is 1010. The first-order valence-electron chi connectivity index (χ1n) is 9.07. The molecule has 1 aliphatic heterocycles. The highest BCUT2D eigenvalue weighted by Gasteiger charge is 2.33. The first-order valence-corrected chi connectivity index (χ1v) is 9.07. The number of nitrogens with zero attached hydrogens (tertiary/aromatic N) is 3. The molecule has 0 aliphatic carbocycles. The number of carbonyl (C=O) groups excluding carboxylic acids is 1. The van der Waals surface area contributed by atoms with Gasteiger partial charge in [0.25, 0.3) is 5.91 Å². The third kappa shape index (κ3) is 2.68. The van der Waals surface area contributed by atoms with Crippen molar-refractivity contribution in [1.82, 2.24) is 15.0 Å². The fourth-order valence-corrected chi connectivity index (χ4v) is 3.85. The lowest BCUT2D eigenvalue weighted by Crippen LogP contribution is -2.31. The van der Waals surface area contributed by atoms with Gasteiger partial charge < -0.3 is 9.42 Å². The van der Waals surface area contributed by atoms with Crippen molar-refractivity contribution in [2.75, 3.05) is 6.54 Å². The van der Waals surface area contributed by atoms with Crippen molar-refractivity contribution in [2.24, 2.45) is 0 Å². The summed E-state index contributed by atoms with van der Waals surface area (Å²) in [5.41, 5.74) is 5.67. The number of amides is 1. The molecule has 1 aliphatic rings. The largest absolute Gasteiger partial charge is 0.361 e. The maximum atomic E-state index is 13.4. The van der Waals surface area contributed by atoms with Crippen LogP contribution in [0.1, 0.15) is 57.5 Å². The predicted molar refractivity (Wildman–Crippen MR) is 100 cm³/mol. The molecular weight excluding hydrogens is 326 g/mol. The second kappa shape index (κ2) is 6.24. The Hall–Kier alpha value is -2.69. The first kappa shape index (κ1) is 16.8. The number of pyridine rings is 1. The van der Waals surface area contributed by atoms with E-state index in [9.17, 15) is 4.79 Å². The van der Waals surface area contributed by atoms with Crippen LogP contribution in [-0.4, -0.2) is 27.5 Å². The Morgan fingerprint density at radius 1 is 1.19 bits per heavy atom. The topological polar surface area (TPSA) is 59.2 Å². The Labute approximate surface area is 153 Å². The van der Waals surface area contributed by atoms with Gasteiger partial charge in [0.1, 0.15) is 11.5 Å². The van der Waals surface area contributed by atoms with Gasteiger partial charge in [0.2, 0.25) is 0 Å². The van der Waals surface area contributed by atoms with Gasteiger partial charge in [-0.2, -0.15) is 0 Å². The number of likely N-dealkylation sites (tertiary alicyclic amines) is 1. The summed E-state index contributed by atoms with van der Waals surface area (Å²) in [7, 11) is 0. The van der Waals surface area contributed by atoms with Crippen LogP contribution in [0, 0.1) is 27.7 Å². The average molecular weight is 349 g/mol. The van der Waals surface area contributed by atoms with Crippen LogP contribution in [0.15, 0.2) is 28.8 Å². The third-order valence-corrected chi connectivity index (χ3v) is 5.37. The molecule has 1 amide bonds. The number of rotatable bonds is 2. The van der Waals surface area contributed by atoms with E-state index in [4.69, 9.17) is 4.52 Å². The number of hydrogen-bond donors (Lipinski definition) is 0. The highest BCUT2D eigenvalue weighted by molar-refractivity contribution is 6.07. The van der Waals surface area contributed by atoms with Crippen molar-refractivity contribution in [1.29, 1.82) is 0 Å². The van der Waals surface area contributed by atoms with Crippen molar-refractivity contribution in [3.8, 4) is 0 Å². The van der Waals surface area contributed by atoms with E-state index in [1.165, 1.54) is 5.56 Å². The number of aromatic nitrogens is 2. The molecule has 0 saturated carbocycles. The zero-order valence-electron chi connectivity index (χ0n) is 15.7. The van der Waals surface area contributed by atoms with E-state index in [0.29, 0.717) is 0 Å². The van der Waals surface area contributed by atoms with E-state index in [1.54, 1.807) is 0 Å². The molecule has 3 heterocycles. The molecule has 0 spiro atoms. The zero-order valence-corrected chi connectivity index (χ0v) is 15.7. The Morgan fingerprint density at radius 2 is 2.00 bits per heavy atom. The van der Waals surface area contributed by atoms with E-state index in [0.717, 1.165) is 58.6 Å². The van der Waals surface area contributed by atoms with Gasteiger partial charge in [0.15, 0.2) is 0 Å². The van der Waals surface area contributed by atoms with E-state index in [2.05, 4.69) is 30.1 Å². The molecule has 1 fully saturated rings. The summed E-state index contributed by atoms with van der Waals surface area (Å²) in [4.78, 5) is 20.1. The monoisotopic (exact) mass is 349 g/mol. The van der Waals surface area contributed by atoms with Gasteiger partial charge in [-0.25, -0.2) is 0 Å². The predicted octanol–water partition coefficient (Wildman–Crippen LogP) is 4.43. The fourth-order valence-electron chi connectivity index (χ4n) is 3.85. The third-order valence-electron chi connectivity index (χ3n) is 5.37. The normalized spacial score (nSPS) is 17.2. The molecule has 3 aromatic rings. The van der Waals surface area contributed by atoms with E-state index >= 15 is 0 Å². The zero-order chi connectivity index (χ0) is 18.4. The quantitative estimate of drug-likeness (QED) is 0.686. The molecule has 4 rings (SSSR count). The highest BCUT2D eigenvalue weighted by Crippen LogP contribution is 2.34. The molecule has 1 unspecified atom stereocenters. The fraction of sp³-hybridized carbons (Fsp3) is 0.381. The molecule has 5 heteroatoms. The molecule has 134 valence electrons. The van der Waals surface area contributed by atoms with Crippen molar-refractivity contribution >= 4 is 16.8 Å². The van der Waals surface area contributed by atoms with Crippen LogP contribution in [0.5, 0.6) is 0 Å². The summed E-state index contributed by atoms with van der Waals surface area (Å²) in [6, 6.07) is 7.90. The summed E-state index contributed by atoms with van der Waals surface area (Å²) in [6.07, 6.45) is 1.89. The summed E-state index contributed by atoms with van der Waals surface area (Å²) in [5, 5.41) is 5.07. The molecular formula is C21H23N3O2. The minimum Gasteiger partial charge on any atom is -0.361 e. The Balaban J connectivity index is 1.80. The lowest BCUT2D eigenvalue weighted by molar-refractivity contribution is 0.0732. The van der Waals surface area contributed by atoms with Crippen LogP contribution >= 0.6 is 0 Å². The summed E-state index contributed by atoms with van der Waals surface area (Å²) < 4.78 is 5.23. The van der Waals surface area contributed by atoms with Crippen LogP contribution in [0.4, 0.5) is 0 Å². The lowest BCUT2D eigenvalue weighted by Gasteiger charge is -2.24. The van der Waals surface area contributed by atoms with Gasteiger partial charge in [-0.15, -0.1) is 0 Å². The van der Waals surface area contributed by atoms with Gasteiger partial charge in [0, 0.05) is 23.7 Å². The molecule has 0 radical (unpaired) electrons. The van der Waals surface area contributed by atoms with Crippen LogP contribution in [-0.2, 0) is 0 Å². The highest BCUT2D eigenvalue weighted by atomic mass is 16.5. The molecule has 1 atom stereocenters. The van der Waals surface area contributed by atoms with Crippen molar-refractivity contribution in [3.63, 3.8) is 0 Å². The maximum Gasteiger partial charge on any atom is 0.255 e. The summed E-state index contributed by atoms with van der Waals surface area (Å²) in [5.74, 6) is 0.822. The van der Waals surface area contributed by atoms with Gasteiger partial charge in [-0.05, 0) is 57.7 Å². The van der Waals surface area contributed by atoms with Crippen molar-refractivity contribution in [3.05, 3.63) is 58.1 Å². The standard InChI is InChI=1S/C21H23N3O2/c1-12-7-8-16-17(10-13(2)22-20(16)15(12)4)21(25)24-9-5-6-19(24)18-11-14(3)26-23-18/h7-8,10-11,19H,5-6,9H2,1-4H3. The molecule has 0 N–H and O–H groups in total. The molecule has 26 heavy (non-hydrogen) atoms. The lowest BCUT2D eigenvalue weighted by atomic mass is 10.00. The van der Waals surface area contributed by atoms with Gasteiger partial charge in [-0.1, -0.05) is 17.3 Å². The maximum absolute atomic E-state index is 13.4. The molecule has 1 saturated heterocycles. The van der Waals surface area contributed by atoms with E-state index < -0.39 is 0 Å². The van der Waals surface area contributed by atoms with Crippen molar-refractivity contribution < 1.29 is 9.32 Å². The van der Waals surface area contributed by atoms with E-state index in [-0.39, 0.29) is 11.9 Å². The van der Waals surface area contributed by atoms with Crippen LogP contribution in [0.25, 0.3) is 10.9 Å². The van der Waals surface area contributed by atoms with Crippen molar-refractivity contribution in [2.45, 2.75) is 46.6 Å². The molecule has 2 aromatic heterocycles. The second-order valence-electron chi connectivity index (χ2n) is 7.23. The van der Waals surface area contributed by atoms with Gasteiger partial charge in [0.05, 0.1) is 17.1 Å². The van der Waals surface area contributed by atoms with Crippen LogP contribution < -0.4 is 0 Å². The second-order valence-corrected chi connectivity index (χ2v) is 7.23. The summed E-state index contributed by atoms with van der Waals surface area (Å²) >= 11 is 0. The smallest absolute Gasteiger partial charge is 0.255 e. The Kier molecular flexibility index (Phi) is 4.02. The first-order chi connectivity index (χ1) is 12.5. The number of carbonyl (C=O) groups is 1. The van der Waals surface area contributed by atoms with Crippen LogP contribution in [0.2, 0.25) is 0 Å². The minimum absolute atomic E-state index is 0.0185. The molecule has 5 nitrogen and oxygen atoms in total. The number of hydrogen-bond acceptors (Lipinski definition) is 4. The molecule has 0 bridgehead atoms. The average Bonchev–Trinajstić information content (AvgIpc) is 3.26. The summed E-state index contributed by atoms with van der Waals surface area (Å²) in [6.45, 7) is 8.70. The number of aryl methyl sites for hydroxylation is 4. The Morgan fingerprint density at radius 3 is 2.73 bits per heavy atom. The number of fused-ring (bicyclic) bond motifs is 1. The molecule has 1 aromatic carbocycles. The van der Waals surface area contributed by atoms with Crippen LogP contribution in [0.3, 0.4) is 0 Å². The minimum atomic E-state index is -0.0185.